The molecule has 1 aliphatic heterocycles. The molecule has 4 rings (SSSR count). The first kappa shape index (κ1) is 23.9. The second-order valence-corrected chi connectivity index (χ2v) is 8.74. The zero-order valence-electron chi connectivity index (χ0n) is 19.8. The van der Waals surface area contributed by atoms with Crippen LogP contribution in [0.4, 0.5) is 5.82 Å². The van der Waals surface area contributed by atoms with Crippen molar-refractivity contribution < 1.29 is 19.4 Å². The molecule has 8 heteroatoms. The monoisotopic (exact) mass is 470 g/mol. The summed E-state index contributed by atoms with van der Waals surface area (Å²) in [6.07, 6.45) is 2.45. The van der Waals surface area contributed by atoms with Crippen LogP contribution in [-0.4, -0.2) is 45.6 Å². The number of anilines is 1. The van der Waals surface area contributed by atoms with Crippen molar-refractivity contribution in [3.05, 3.63) is 77.7 Å². The predicted octanol–water partition coefficient (Wildman–Crippen LogP) is 3.10. The fraction of sp³-hybridized carbons (Fsp3) is 0.259. The molecular weight excluding hydrogens is 444 g/mol. The van der Waals surface area contributed by atoms with E-state index >= 15 is 0 Å². The Labute approximate surface area is 204 Å². The lowest BCUT2D eigenvalue weighted by Gasteiger charge is -2.21. The highest BCUT2D eigenvalue weighted by Crippen LogP contribution is 2.25. The highest BCUT2D eigenvalue weighted by molar-refractivity contribution is 6.02. The molecule has 1 unspecified atom stereocenters. The minimum atomic E-state index is -1.15. The van der Waals surface area contributed by atoms with Crippen LogP contribution in [0.2, 0.25) is 0 Å². The van der Waals surface area contributed by atoms with E-state index in [1.54, 1.807) is 33.0 Å². The number of hydrogen-bond acceptors (Lipinski definition) is 6. The number of aliphatic hydroxyl groups is 1. The lowest BCUT2D eigenvalue weighted by molar-refractivity contribution is -0.120. The molecule has 8 nitrogen and oxygen atoms in total. The highest BCUT2D eigenvalue weighted by Gasteiger charge is 2.31. The Kier molecular flexibility index (Phi) is 6.80. The van der Waals surface area contributed by atoms with Crippen LogP contribution in [0.15, 0.2) is 60.8 Å². The van der Waals surface area contributed by atoms with Crippen LogP contribution in [0.5, 0.6) is 11.5 Å². The van der Waals surface area contributed by atoms with Crippen molar-refractivity contribution in [2.45, 2.75) is 38.3 Å². The standard InChI is InChI=1S/C27H26N4O4/c1-27(2,34)15-13-19-11-9-18-10-12-22(26(33)31(3)24(18)29-19)30-25(32)23-17-21(14-16-28-23)35-20-7-5-4-6-8-20/h4-9,11,14,16-17,22,34H,10,12H2,1-3H3,(H,30,32). The molecule has 0 spiro atoms. The van der Waals surface area contributed by atoms with Gasteiger partial charge in [-0.15, -0.1) is 0 Å². The molecule has 35 heavy (non-hydrogen) atoms. The molecule has 2 N–H and O–H groups in total. The summed E-state index contributed by atoms with van der Waals surface area (Å²) in [6, 6.07) is 15.3. The Hall–Kier alpha value is -4.22. The van der Waals surface area contributed by atoms with Gasteiger partial charge in [-0.25, -0.2) is 4.98 Å². The molecule has 178 valence electrons. The van der Waals surface area contributed by atoms with E-state index in [2.05, 4.69) is 27.1 Å². The number of carbonyl (C=O) groups is 2. The van der Waals surface area contributed by atoms with E-state index in [-0.39, 0.29) is 11.6 Å². The first-order chi connectivity index (χ1) is 16.7. The van der Waals surface area contributed by atoms with Gasteiger partial charge in [0.1, 0.15) is 40.3 Å². The fourth-order valence-electron chi connectivity index (χ4n) is 3.60. The zero-order valence-corrected chi connectivity index (χ0v) is 19.8. The molecule has 2 amide bonds. The molecule has 0 aliphatic carbocycles. The maximum absolute atomic E-state index is 13.2. The molecule has 3 aromatic rings. The van der Waals surface area contributed by atoms with E-state index in [4.69, 9.17) is 4.74 Å². The van der Waals surface area contributed by atoms with Gasteiger partial charge in [0, 0.05) is 19.3 Å². The fourth-order valence-corrected chi connectivity index (χ4v) is 3.60. The molecule has 1 atom stereocenters. The number of amides is 2. The van der Waals surface area contributed by atoms with Crippen molar-refractivity contribution >= 4 is 17.6 Å². The van der Waals surface area contributed by atoms with Gasteiger partial charge >= 0.3 is 0 Å². The van der Waals surface area contributed by atoms with E-state index in [9.17, 15) is 14.7 Å². The summed E-state index contributed by atoms with van der Waals surface area (Å²) in [7, 11) is 1.62. The van der Waals surface area contributed by atoms with Crippen LogP contribution in [0, 0.1) is 11.8 Å². The van der Waals surface area contributed by atoms with E-state index in [0.717, 1.165) is 5.56 Å². The third-order valence-electron chi connectivity index (χ3n) is 5.35. The van der Waals surface area contributed by atoms with E-state index in [1.165, 1.54) is 17.2 Å². The van der Waals surface area contributed by atoms with Gasteiger partial charge in [-0.1, -0.05) is 30.2 Å². The second-order valence-electron chi connectivity index (χ2n) is 8.74. The Balaban J connectivity index is 1.48. The number of para-hydroxylation sites is 1. The lowest BCUT2D eigenvalue weighted by Crippen LogP contribution is -2.47. The first-order valence-electron chi connectivity index (χ1n) is 11.2. The van der Waals surface area contributed by atoms with Gasteiger partial charge in [-0.3, -0.25) is 19.5 Å². The van der Waals surface area contributed by atoms with Gasteiger partial charge < -0.3 is 15.2 Å². The van der Waals surface area contributed by atoms with Crippen LogP contribution >= 0.6 is 0 Å². The quantitative estimate of drug-likeness (QED) is 0.568. The number of nitrogens with one attached hydrogen (secondary N) is 1. The number of likely N-dealkylation sites (N-methyl/N-ethyl adjacent to an activating group) is 1. The molecule has 3 heterocycles. The maximum Gasteiger partial charge on any atom is 0.270 e. The average molecular weight is 471 g/mol. The smallest absolute Gasteiger partial charge is 0.270 e. The number of pyridine rings is 2. The van der Waals surface area contributed by atoms with Crippen molar-refractivity contribution in [1.82, 2.24) is 15.3 Å². The van der Waals surface area contributed by atoms with Crippen LogP contribution in [-0.2, 0) is 11.2 Å². The maximum atomic E-state index is 13.2. The van der Waals surface area contributed by atoms with Gasteiger partial charge in [-0.2, -0.15) is 0 Å². The lowest BCUT2D eigenvalue weighted by atomic mass is 10.1. The molecule has 0 fully saturated rings. The summed E-state index contributed by atoms with van der Waals surface area (Å²) >= 11 is 0. The van der Waals surface area contributed by atoms with Crippen LogP contribution < -0.4 is 15.0 Å². The van der Waals surface area contributed by atoms with Gasteiger partial charge in [0.2, 0.25) is 5.91 Å². The van der Waals surface area contributed by atoms with Crippen molar-refractivity contribution in [3.63, 3.8) is 0 Å². The largest absolute Gasteiger partial charge is 0.457 e. The Bertz CT molecular complexity index is 1310. The summed E-state index contributed by atoms with van der Waals surface area (Å²) in [5.74, 6) is 6.42. The number of aromatic nitrogens is 2. The topological polar surface area (TPSA) is 105 Å². The van der Waals surface area contributed by atoms with Crippen LogP contribution in [0.3, 0.4) is 0 Å². The molecule has 1 aliphatic rings. The van der Waals surface area contributed by atoms with Crippen molar-refractivity contribution in [3.8, 4) is 23.3 Å². The molecule has 0 saturated heterocycles. The number of carbonyl (C=O) groups excluding carboxylic acids is 2. The second kappa shape index (κ2) is 9.95. The SMILES string of the molecule is CN1C(=O)C(NC(=O)c2cc(Oc3ccccc3)ccn2)CCc2ccc(C#CC(C)(C)O)nc21. The Morgan fingerprint density at radius 1 is 1.17 bits per heavy atom. The Morgan fingerprint density at radius 2 is 1.94 bits per heavy atom. The summed E-state index contributed by atoms with van der Waals surface area (Å²) in [5, 5.41) is 12.6. The molecule has 0 bridgehead atoms. The van der Waals surface area contributed by atoms with Crippen molar-refractivity contribution in [1.29, 1.82) is 0 Å². The number of ether oxygens (including phenoxy) is 1. The van der Waals surface area contributed by atoms with E-state index in [1.807, 2.05) is 36.4 Å². The summed E-state index contributed by atoms with van der Waals surface area (Å²) in [6.45, 7) is 3.18. The molecule has 1 aromatic carbocycles. The van der Waals surface area contributed by atoms with Gasteiger partial charge in [0.05, 0.1) is 0 Å². The van der Waals surface area contributed by atoms with E-state index < -0.39 is 17.6 Å². The van der Waals surface area contributed by atoms with Crippen LogP contribution in [0.25, 0.3) is 0 Å². The minimum absolute atomic E-state index is 0.151. The Morgan fingerprint density at radius 3 is 2.69 bits per heavy atom. The number of aryl methyl sites for hydroxylation is 1. The third-order valence-corrected chi connectivity index (χ3v) is 5.35. The number of hydrogen-bond donors (Lipinski definition) is 2. The number of benzene rings is 1. The minimum Gasteiger partial charge on any atom is -0.457 e. The van der Waals surface area contributed by atoms with Crippen molar-refractivity contribution in [2.24, 2.45) is 0 Å². The summed E-state index contributed by atoms with van der Waals surface area (Å²) < 4.78 is 5.78. The number of fused-ring (bicyclic) bond motifs is 1. The molecule has 0 radical (unpaired) electrons. The summed E-state index contributed by atoms with van der Waals surface area (Å²) in [5.41, 5.74) is 0.330. The normalized spacial score (nSPS) is 15.4. The molecule has 0 saturated carbocycles. The highest BCUT2D eigenvalue weighted by atomic mass is 16.5. The summed E-state index contributed by atoms with van der Waals surface area (Å²) in [4.78, 5) is 36.2. The van der Waals surface area contributed by atoms with Gasteiger partial charge in [-0.05, 0) is 62.4 Å². The van der Waals surface area contributed by atoms with Gasteiger partial charge in [0.15, 0.2) is 0 Å². The molecular formula is C27H26N4O4. The van der Waals surface area contributed by atoms with Crippen LogP contribution in [0.1, 0.15) is 42.0 Å². The van der Waals surface area contributed by atoms with Gasteiger partial charge in [0.25, 0.3) is 5.91 Å². The molecule has 2 aromatic heterocycles. The third kappa shape index (κ3) is 6.02. The van der Waals surface area contributed by atoms with Crippen molar-refractivity contribution in [2.75, 3.05) is 11.9 Å². The number of rotatable bonds is 4. The first-order valence-corrected chi connectivity index (χ1v) is 11.2. The van der Waals surface area contributed by atoms with E-state index in [0.29, 0.717) is 35.9 Å². The zero-order chi connectivity index (χ0) is 25.0. The number of nitrogens with zero attached hydrogens (tertiary/aromatic N) is 3. The average Bonchev–Trinajstić information content (AvgIpc) is 2.95. The predicted molar refractivity (Wildman–Crippen MR) is 131 cm³/mol.